The Morgan fingerprint density at radius 1 is 1.12 bits per heavy atom. The number of nitrogens with zero attached hydrogens (tertiary/aromatic N) is 1. The van der Waals surface area contributed by atoms with Gasteiger partial charge < -0.3 is 19.7 Å². The van der Waals surface area contributed by atoms with E-state index in [4.69, 9.17) is 27.9 Å². The van der Waals surface area contributed by atoms with Gasteiger partial charge in [-0.05, 0) is 48.1 Å². The number of aryl methyl sites for hydroxylation is 1. The lowest BCUT2D eigenvalue weighted by atomic mass is 9.82. The highest BCUT2D eigenvalue weighted by Crippen LogP contribution is 2.39. The van der Waals surface area contributed by atoms with Gasteiger partial charge in [-0.2, -0.15) is 0 Å². The Morgan fingerprint density at radius 2 is 1.79 bits per heavy atom. The van der Waals surface area contributed by atoms with E-state index in [1.54, 1.807) is 16.7 Å². The second-order valence-electron chi connectivity index (χ2n) is 9.39. The molecule has 3 aromatic rings. The summed E-state index contributed by atoms with van der Waals surface area (Å²) in [6, 6.07) is 12.9. The first-order valence-electron chi connectivity index (χ1n) is 11.5. The largest absolute Gasteiger partial charge is 0.481 e. The van der Waals surface area contributed by atoms with Crippen molar-refractivity contribution in [2.24, 2.45) is 13.0 Å². The van der Waals surface area contributed by atoms with Gasteiger partial charge >= 0.3 is 5.97 Å². The van der Waals surface area contributed by atoms with Crippen molar-refractivity contribution < 1.29 is 19.4 Å². The predicted octanol–water partition coefficient (Wildman–Crippen LogP) is 5.50. The number of carboxylic acids is 1. The smallest absolute Gasteiger partial charge is 0.311 e. The topological polar surface area (TPSA) is 80.6 Å². The van der Waals surface area contributed by atoms with Gasteiger partial charge in [-0.1, -0.05) is 60.3 Å². The summed E-state index contributed by atoms with van der Waals surface area (Å²) in [6.07, 6.45) is 4.08. The van der Waals surface area contributed by atoms with E-state index in [1.807, 2.05) is 37.4 Å². The van der Waals surface area contributed by atoms with E-state index in [1.165, 1.54) is 0 Å². The van der Waals surface area contributed by atoms with E-state index in [-0.39, 0.29) is 11.8 Å². The third-order valence-corrected chi connectivity index (χ3v) is 8.17. The maximum Gasteiger partial charge on any atom is 0.311 e. The maximum absolute atomic E-state index is 13.3. The molecule has 1 aliphatic carbocycles. The van der Waals surface area contributed by atoms with E-state index >= 15 is 0 Å². The Hall–Kier alpha value is -2.54. The van der Waals surface area contributed by atoms with Crippen LogP contribution in [0.15, 0.2) is 42.5 Å². The van der Waals surface area contributed by atoms with Crippen LogP contribution < -0.4 is 5.32 Å². The molecule has 5 rings (SSSR count). The van der Waals surface area contributed by atoms with Crippen LogP contribution in [0.25, 0.3) is 10.9 Å². The average molecular weight is 501 g/mol. The maximum atomic E-state index is 13.3. The van der Waals surface area contributed by atoms with Crippen molar-refractivity contribution in [1.82, 2.24) is 9.88 Å². The molecule has 0 radical (unpaired) electrons. The summed E-state index contributed by atoms with van der Waals surface area (Å²) in [5, 5.41) is 14.6. The molecule has 1 atom stereocenters. The molecule has 2 aromatic carbocycles. The molecule has 2 aliphatic rings. The molecule has 0 bridgehead atoms. The summed E-state index contributed by atoms with van der Waals surface area (Å²) in [7, 11) is 1.81. The van der Waals surface area contributed by atoms with E-state index in [0.29, 0.717) is 29.0 Å². The standard InChI is InChI=1S/C26H26Cl2N2O4/c1-30-20-11-10-19(27)23(28)18(20)12-21(30)24(31)29-26(13-34-14-26)17-8-6-16(7-9-17)22(25(32)33)15-4-2-3-5-15/h6-12,15,22H,2-5,13-14H2,1H3,(H,29,31)(H,32,33). The minimum absolute atomic E-state index is 0.177. The highest BCUT2D eigenvalue weighted by molar-refractivity contribution is 6.45. The van der Waals surface area contributed by atoms with Gasteiger partial charge in [0, 0.05) is 18.0 Å². The fourth-order valence-corrected chi connectivity index (χ4v) is 5.76. The van der Waals surface area contributed by atoms with Crippen LogP contribution in [0.3, 0.4) is 0 Å². The van der Waals surface area contributed by atoms with Gasteiger partial charge in [-0.3, -0.25) is 9.59 Å². The van der Waals surface area contributed by atoms with Crippen LogP contribution in [0.4, 0.5) is 0 Å². The monoisotopic (exact) mass is 500 g/mol. The number of carbonyl (C=O) groups is 2. The second-order valence-corrected chi connectivity index (χ2v) is 10.2. The fourth-order valence-electron chi connectivity index (χ4n) is 5.38. The number of aliphatic carboxylic acids is 1. The van der Waals surface area contributed by atoms with E-state index in [0.717, 1.165) is 47.7 Å². The molecule has 6 nitrogen and oxygen atoms in total. The van der Waals surface area contributed by atoms with Crippen molar-refractivity contribution >= 4 is 46.0 Å². The van der Waals surface area contributed by atoms with E-state index in [2.05, 4.69) is 5.32 Å². The second kappa shape index (κ2) is 8.91. The molecule has 178 valence electrons. The van der Waals surface area contributed by atoms with Crippen LogP contribution in [0.1, 0.15) is 53.2 Å². The number of carbonyl (C=O) groups excluding carboxylic acids is 1. The summed E-state index contributed by atoms with van der Waals surface area (Å²) < 4.78 is 7.29. The van der Waals surface area contributed by atoms with Crippen molar-refractivity contribution in [3.63, 3.8) is 0 Å². The molecule has 34 heavy (non-hydrogen) atoms. The number of hydrogen-bond donors (Lipinski definition) is 2. The number of rotatable bonds is 6. The van der Waals surface area contributed by atoms with Crippen molar-refractivity contribution in [2.45, 2.75) is 37.1 Å². The summed E-state index contributed by atoms with van der Waals surface area (Å²) >= 11 is 12.5. The lowest BCUT2D eigenvalue weighted by Crippen LogP contribution is -2.59. The molecule has 2 N–H and O–H groups in total. The van der Waals surface area contributed by atoms with Crippen LogP contribution in [0.2, 0.25) is 10.0 Å². The molecular formula is C26H26Cl2N2O4. The first kappa shape index (κ1) is 23.2. The number of amides is 1. The zero-order chi connectivity index (χ0) is 24.0. The Morgan fingerprint density at radius 3 is 2.38 bits per heavy atom. The number of nitrogens with one attached hydrogen (secondary N) is 1. The number of halogens is 2. The van der Waals surface area contributed by atoms with Gasteiger partial charge in [0.25, 0.3) is 5.91 Å². The van der Waals surface area contributed by atoms with Crippen LogP contribution in [0, 0.1) is 5.92 Å². The Labute approximate surface area is 207 Å². The molecule has 1 saturated carbocycles. The Bertz CT molecular complexity index is 1260. The molecule has 1 saturated heterocycles. The minimum atomic E-state index is -0.774. The third kappa shape index (κ3) is 3.88. The van der Waals surface area contributed by atoms with Crippen molar-refractivity contribution in [2.75, 3.05) is 13.2 Å². The summed E-state index contributed by atoms with van der Waals surface area (Å²) in [6.45, 7) is 0.694. The Kier molecular flexibility index (Phi) is 6.09. The SMILES string of the molecule is Cn1c(C(=O)NC2(c3ccc(C(C(=O)O)C4CCCC4)cc3)COC2)cc2c(Cl)c(Cl)ccc21. The predicted molar refractivity (Wildman–Crippen MR) is 132 cm³/mol. The highest BCUT2D eigenvalue weighted by Gasteiger charge is 2.43. The number of hydrogen-bond acceptors (Lipinski definition) is 3. The van der Waals surface area contributed by atoms with Crippen molar-refractivity contribution in [3.05, 3.63) is 69.3 Å². The lowest BCUT2D eigenvalue weighted by Gasteiger charge is -2.42. The van der Waals surface area contributed by atoms with E-state index < -0.39 is 17.4 Å². The average Bonchev–Trinajstić information content (AvgIpc) is 3.42. The molecule has 1 aromatic heterocycles. The number of fused-ring (bicyclic) bond motifs is 1. The number of ether oxygens (including phenoxy) is 1. The van der Waals surface area contributed by atoms with Gasteiger partial charge in [0.2, 0.25) is 0 Å². The first-order chi connectivity index (χ1) is 16.3. The zero-order valence-electron chi connectivity index (χ0n) is 18.8. The van der Waals surface area contributed by atoms with Crippen LogP contribution in [0.5, 0.6) is 0 Å². The Balaban J connectivity index is 1.41. The van der Waals surface area contributed by atoms with Gasteiger partial charge in [0.15, 0.2) is 0 Å². The molecular weight excluding hydrogens is 475 g/mol. The number of aromatic nitrogens is 1. The molecule has 1 aliphatic heterocycles. The summed E-state index contributed by atoms with van der Waals surface area (Å²) in [5.41, 5.74) is 2.32. The van der Waals surface area contributed by atoms with Gasteiger partial charge in [0.1, 0.15) is 11.2 Å². The molecule has 2 fully saturated rings. The van der Waals surface area contributed by atoms with Crippen LogP contribution >= 0.6 is 23.2 Å². The lowest BCUT2D eigenvalue weighted by molar-refractivity contribution is -0.140. The number of benzene rings is 2. The molecule has 0 spiro atoms. The highest BCUT2D eigenvalue weighted by atomic mass is 35.5. The molecule has 8 heteroatoms. The molecule has 1 unspecified atom stereocenters. The van der Waals surface area contributed by atoms with Gasteiger partial charge in [0.05, 0.1) is 29.2 Å². The fraction of sp³-hybridized carbons (Fsp3) is 0.385. The third-order valence-electron chi connectivity index (χ3n) is 7.36. The van der Waals surface area contributed by atoms with Crippen molar-refractivity contribution in [3.8, 4) is 0 Å². The van der Waals surface area contributed by atoms with Crippen LogP contribution in [-0.4, -0.2) is 34.8 Å². The van der Waals surface area contributed by atoms with Crippen LogP contribution in [-0.2, 0) is 22.1 Å². The minimum Gasteiger partial charge on any atom is -0.481 e. The summed E-state index contributed by atoms with van der Waals surface area (Å²) in [5.74, 6) is -1.33. The molecule has 2 heterocycles. The molecule has 1 amide bonds. The van der Waals surface area contributed by atoms with Gasteiger partial charge in [-0.15, -0.1) is 0 Å². The number of carboxylic acid groups (broad SMARTS) is 1. The quantitative estimate of drug-likeness (QED) is 0.468. The van der Waals surface area contributed by atoms with Crippen molar-refractivity contribution in [1.29, 1.82) is 0 Å². The van der Waals surface area contributed by atoms with Gasteiger partial charge in [-0.25, -0.2) is 0 Å². The zero-order valence-corrected chi connectivity index (χ0v) is 20.3. The first-order valence-corrected chi connectivity index (χ1v) is 12.2. The normalized spacial score (nSPS) is 18.6. The summed E-state index contributed by atoms with van der Waals surface area (Å²) in [4.78, 5) is 25.3. The van der Waals surface area contributed by atoms with E-state index in [9.17, 15) is 14.7 Å².